The lowest BCUT2D eigenvalue weighted by atomic mass is 10.2. The Morgan fingerprint density at radius 3 is 2.80 bits per heavy atom. The third kappa shape index (κ3) is 3.19. The Kier molecular flexibility index (Phi) is 4.49. The molecule has 0 radical (unpaired) electrons. The third-order valence-electron chi connectivity index (χ3n) is 0.940. The average Bonchev–Trinajstić information content (AvgIpc) is 1.89. The molecule has 0 aromatic rings. The molecule has 4 heteroatoms. The number of carbonyl (C=O) groups is 2. The molecule has 0 amide bonds. The van der Waals surface area contributed by atoms with E-state index in [2.05, 4.69) is 4.74 Å². The summed E-state index contributed by atoms with van der Waals surface area (Å²) in [6, 6.07) is -0.794. The van der Waals surface area contributed by atoms with E-state index in [1.165, 1.54) is 0 Å². The van der Waals surface area contributed by atoms with Crippen molar-refractivity contribution in [2.24, 2.45) is 5.73 Å². The first-order chi connectivity index (χ1) is 4.72. The maximum absolute atomic E-state index is 10.6. The number of carbonyl (C=O) groups excluding carboxylic acids is 2. The molecule has 0 fully saturated rings. The normalized spacial score (nSPS) is 12.2. The van der Waals surface area contributed by atoms with Crippen molar-refractivity contribution in [1.82, 2.24) is 0 Å². The largest absolute Gasteiger partial charge is 0.465 e. The van der Waals surface area contributed by atoms with Crippen LogP contribution in [-0.4, -0.2) is 24.9 Å². The van der Waals surface area contributed by atoms with Gasteiger partial charge in [0.2, 0.25) is 0 Å². The first-order valence-electron chi connectivity index (χ1n) is 3.08. The van der Waals surface area contributed by atoms with Crippen LogP contribution in [-0.2, 0) is 14.3 Å². The van der Waals surface area contributed by atoms with Gasteiger partial charge in [-0.25, -0.2) is 0 Å². The molecule has 0 aliphatic rings. The van der Waals surface area contributed by atoms with Gasteiger partial charge in [-0.05, 0) is 6.92 Å². The van der Waals surface area contributed by atoms with Crippen molar-refractivity contribution < 1.29 is 14.3 Å². The Balaban J connectivity index is 3.58. The first-order valence-corrected chi connectivity index (χ1v) is 3.08. The van der Waals surface area contributed by atoms with Gasteiger partial charge in [-0.2, -0.15) is 0 Å². The lowest BCUT2D eigenvalue weighted by molar-refractivity contribution is -0.145. The molecule has 0 rings (SSSR count). The zero-order chi connectivity index (χ0) is 7.98. The summed E-state index contributed by atoms with van der Waals surface area (Å²) >= 11 is 0. The lowest BCUT2D eigenvalue weighted by Crippen LogP contribution is -2.32. The van der Waals surface area contributed by atoms with E-state index in [0.29, 0.717) is 12.9 Å². The standard InChI is InChI=1S/C6H11NO3/c1-2-10-6(9)5(7)3-4-8/h4-5H,2-3,7H2,1H3/t5-/m0/s1. The first kappa shape index (κ1) is 9.10. The fourth-order valence-electron chi connectivity index (χ4n) is 0.449. The molecule has 0 spiro atoms. The number of rotatable bonds is 4. The van der Waals surface area contributed by atoms with Gasteiger partial charge >= 0.3 is 5.97 Å². The van der Waals surface area contributed by atoms with Crippen molar-refractivity contribution in [3.8, 4) is 0 Å². The molecule has 0 bridgehead atoms. The van der Waals surface area contributed by atoms with E-state index in [-0.39, 0.29) is 6.42 Å². The minimum Gasteiger partial charge on any atom is -0.465 e. The SMILES string of the molecule is CCOC(=O)[C@@H](N)CC=O. The van der Waals surface area contributed by atoms with E-state index in [0.717, 1.165) is 0 Å². The van der Waals surface area contributed by atoms with Crippen molar-refractivity contribution in [3.05, 3.63) is 0 Å². The number of esters is 1. The molecule has 0 saturated carbocycles. The van der Waals surface area contributed by atoms with E-state index in [1.54, 1.807) is 6.92 Å². The van der Waals surface area contributed by atoms with E-state index in [4.69, 9.17) is 5.73 Å². The van der Waals surface area contributed by atoms with Crippen LogP contribution in [0.25, 0.3) is 0 Å². The Morgan fingerprint density at radius 1 is 1.80 bits per heavy atom. The van der Waals surface area contributed by atoms with Gasteiger partial charge in [-0.3, -0.25) is 4.79 Å². The van der Waals surface area contributed by atoms with Gasteiger partial charge < -0.3 is 15.3 Å². The fourth-order valence-corrected chi connectivity index (χ4v) is 0.449. The van der Waals surface area contributed by atoms with Crippen LogP contribution in [0.4, 0.5) is 0 Å². The van der Waals surface area contributed by atoms with Crippen LogP contribution in [0.15, 0.2) is 0 Å². The zero-order valence-electron chi connectivity index (χ0n) is 5.87. The molecule has 2 N–H and O–H groups in total. The minimum atomic E-state index is -0.794. The number of hydrogen-bond donors (Lipinski definition) is 1. The minimum absolute atomic E-state index is 0.0266. The van der Waals surface area contributed by atoms with Crippen LogP contribution in [0.1, 0.15) is 13.3 Å². The van der Waals surface area contributed by atoms with Gasteiger partial charge in [0.1, 0.15) is 12.3 Å². The van der Waals surface area contributed by atoms with E-state index in [1.807, 2.05) is 0 Å². The molecular weight excluding hydrogens is 134 g/mol. The average molecular weight is 145 g/mol. The highest BCUT2D eigenvalue weighted by molar-refractivity contribution is 5.78. The molecule has 0 aliphatic carbocycles. The van der Waals surface area contributed by atoms with Crippen LogP contribution in [0.3, 0.4) is 0 Å². The lowest BCUT2D eigenvalue weighted by Gasteiger charge is -2.05. The summed E-state index contributed by atoms with van der Waals surface area (Å²) in [6.07, 6.45) is 0.625. The van der Waals surface area contributed by atoms with Gasteiger partial charge in [0.05, 0.1) is 6.61 Å². The van der Waals surface area contributed by atoms with Crippen LogP contribution in [0.2, 0.25) is 0 Å². The third-order valence-corrected chi connectivity index (χ3v) is 0.940. The maximum atomic E-state index is 10.6. The monoisotopic (exact) mass is 145 g/mol. The summed E-state index contributed by atoms with van der Waals surface area (Å²) in [5, 5.41) is 0. The van der Waals surface area contributed by atoms with E-state index in [9.17, 15) is 9.59 Å². The summed E-state index contributed by atoms with van der Waals surface area (Å²) in [5.74, 6) is -0.519. The maximum Gasteiger partial charge on any atom is 0.323 e. The van der Waals surface area contributed by atoms with Crippen LogP contribution >= 0.6 is 0 Å². The quantitative estimate of drug-likeness (QED) is 0.426. The highest BCUT2D eigenvalue weighted by Gasteiger charge is 2.12. The van der Waals surface area contributed by atoms with Gasteiger partial charge in [0, 0.05) is 6.42 Å². The molecule has 0 aromatic heterocycles. The van der Waals surface area contributed by atoms with Crippen molar-refractivity contribution in [1.29, 1.82) is 0 Å². The number of hydrogen-bond acceptors (Lipinski definition) is 4. The predicted molar refractivity (Wildman–Crippen MR) is 35.3 cm³/mol. The zero-order valence-corrected chi connectivity index (χ0v) is 5.87. The molecule has 0 aliphatic heterocycles. The Hall–Kier alpha value is -0.900. The second-order valence-corrected chi connectivity index (χ2v) is 1.76. The summed E-state index contributed by atoms with van der Waals surface area (Å²) in [4.78, 5) is 20.5. The molecule has 10 heavy (non-hydrogen) atoms. The number of aldehydes is 1. The summed E-state index contributed by atoms with van der Waals surface area (Å²) in [7, 11) is 0. The molecule has 0 aromatic carbocycles. The predicted octanol–water partition coefficient (Wildman–Crippen LogP) is -0.534. The van der Waals surface area contributed by atoms with Crippen LogP contribution < -0.4 is 5.73 Å². The Labute approximate surface area is 59.3 Å². The topological polar surface area (TPSA) is 69.4 Å². The molecule has 0 saturated heterocycles. The molecule has 4 nitrogen and oxygen atoms in total. The fraction of sp³-hybridized carbons (Fsp3) is 0.667. The van der Waals surface area contributed by atoms with Gasteiger partial charge in [0.25, 0.3) is 0 Å². The summed E-state index contributed by atoms with van der Waals surface area (Å²) < 4.78 is 4.53. The second kappa shape index (κ2) is 4.93. The van der Waals surface area contributed by atoms with Crippen molar-refractivity contribution in [2.75, 3.05) is 6.61 Å². The molecule has 1 atom stereocenters. The highest BCUT2D eigenvalue weighted by atomic mass is 16.5. The number of ether oxygens (including phenoxy) is 1. The second-order valence-electron chi connectivity index (χ2n) is 1.76. The van der Waals surface area contributed by atoms with Gasteiger partial charge in [-0.15, -0.1) is 0 Å². The van der Waals surface area contributed by atoms with Crippen molar-refractivity contribution in [2.45, 2.75) is 19.4 Å². The van der Waals surface area contributed by atoms with Crippen molar-refractivity contribution in [3.63, 3.8) is 0 Å². The van der Waals surface area contributed by atoms with E-state index >= 15 is 0 Å². The summed E-state index contributed by atoms with van der Waals surface area (Å²) in [5.41, 5.74) is 5.21. The molecule has 0 unspecified atom stereocenters. The van der Waals surface area contributed by atoms with Gasteiger partial charge in [-0.1, -0.05) is 0 Å². The van der Waals surface area contributed by atoms with Crippen LogP contribution in [0, 0.1) is 0 Å². The van der Waals surface area contributed by atoms with Crippen molar-refractivity contribution >= 4 is 12.3 Å². The smallest absolute Gasteiger partial charge is 0.323 e. The Morgan fingerprint density at radius 2 is 2.40 bits per heavy atom. The highest BCUT2D eigenvalue weighted by Crippen LogP contribution is 1.88. The summed E-state index contributed by atoms with van der Waals surface area (Å²) in [6.45, 7) is 1.98. The molecular formula is C6H11NO3. The molecule has 0 heterocycles. The van der Waals surface area contributed by atoms with Gasteiger partial charge in [0.15, 0.2) is 0 Å². The van der Waals surface area contributed by atoms with E-state index < -0.39 is 12.0 Å². The van der Waals surface area contributed by atoms with Crippen LogP contribution in [0.5, 0.6) is 0 Å². The molecule has 58 valence electrons. The number of nitrogens with two attached hydrogens (primary N) is 1. The Bertz CT molecular complexity index is 124.